The number of rotatable bonds is 3. The van der Waals surface area contributed by atoms with E-state index in [1.165, 1.54) is 0 Å². The Labute approximate surface area is 120 Å². The topological polar surface area (TPSA) is 0 Å². The summed E-state index contributed by atoms with van der Waals surface area (Å²) in [7, 11) is 0. The maximum atomic E-state index is 8.41. The standard InChI is InChI=1S/C19H24/c1-13(2)18-11-17(16-9-7-6-8-10-16)12-19(14(3)4)15(18)5/h6-14H,1-5H3/i13D,14D. The van der Waals surface area contributed by atoms with Crippen LogP contribution in [0, 0.1) is 6.92 Å². The summed E-state index contributed by atoms with van der Waals surface area (Å²) in [4.78, 5) is 0. The summed E-state index contributed by atoms with van der Waals surface area (Å²) < 4.78 is 16.8. The second-order valence-electron chi connectivity index (χ2n) is 5.56. The van der Waals surface area contributed by atoms with E-state index in [9.17, 15) is 0 Å². The van der Waals surface area contributed by atoms with Gasteiger partial charge in [0, 0.05) is 2.74 Å². The van der Waals surface area contributed by atoms with E-state index >= 15 is 0 Å². The average molecular weight is 254 g/mol. The summed E-state index contributed by atoms with van der Waals surface area (Å²) in [6.07, 6.45) is 0. The summed E-state index contributed by atoms with van der Waals surface area (Å²) in [5.41, 5.74) is 5.29. The van der Waals surface area contributed by atoms with Gasteiger partial charge in [-0.1, -0.05) is 70.2 Å². The maximum Gasteiger partial charge on any atom is 0.0347 e. The van der Waals surface area contributed by atoms with Crippen LogP contribution in [0.25, 0.3) is 11.1 Å². The molecule has 0 spiro atoms. The summed E-state index contributed by atoms with van der Waals surface area (Å²) >= 11 is 0. The first-order valence-corrected chi connectivity index (χ1v) is 6.82. The van der Waals surface area contributed by atoms with Gasteiger partial charge in [-0.05, 0) is 46.5 Å². The molecule has 0 aromatic heterocycles. The minimum Gasteiger partial charge on any atom is -0.0622 e. The second-order valence-corrected chi connectivity index (χ2v) is 5.56. The molecule has 2 aromatic rings. The highest BCUT2D eigenvalue weighted by Crippen LogP contribution is 2.32. The zero-order valence-corrected chi connectivity index (χ0v) is 12.5. The number of hydrogen-bond donors (Lipinski definition) is 0. The first kappa shape index (κ1) is 11.3. The molecule has 0 heteroatoms. The Hall–Kier alpha value is -1.56. The zero-order valence-electron chi connectivity index (χ0n) is 14.5. The van der Waals surface area contributed by atoms with Gasteiger partial charge in [-0.3, -0.25) is 0 Å². The van der Waals surface area contributed by atoms with Gasteiger partial charge in [0.2, 0.25) is 0 Å². The molecule has 0 aliphatic rings. The highest BCUT2D eigenvalue weighted by atomic mass is 14.2. The molecular formula is C19H24. The smallest absolute Gasteiger partial charge is 0.0347 e. The molecule has 0 nitrogen and oxygen atoms in total. The van der Waals surface area contributed by atoms with Crippen LogP contribution in [0.15, 0.2) is 42.5 Å². The molecule has 0 aliphatic carbocycles. The molecule has 0 N–H and O–H groups in total. The molecule has 2 rings (SSSR count). The van der Waals surface area contributed by atoms with Crippen molar-refractivity contribution < 1.29 is 2.74 Å². The van der Waals surface area contributed by atoms with Crippen LogP contribution in [-0.2, 0) is 0 Å². The molecule has 0 heterocycles. The molecule has 0 saturated carbocycles. The van der Waals surface area contributed by atoms with E-state index in [2.05, 4.69) is 24.3 Å². The van der Waals surface area contributed by atoms with Crippen molar-refractivity contribution in [2.24, 2.45) is 0 Å². The van der Waals surface area contributed by atoms with E-state index in [4.69, 9.17) is 2.74 Å². The Morgan fingerprint density at radius 3 is 1.68 bits per heavy atom. The van der Waals surface area contributed by atoms with Crippen LogP contribution in [0.2, 0.25) is 0 Å². The fraction of sp³-hybridized carbons (Fsp3) is 0.368. The minimum atomic E-state index is -0.672. The molecule has 0 bridgehead atoms. The van der Waals surface area contributed by atoms with Gasteiger partial charge in [-0.15, -0.1) is 0 Å². The second kappa shape index (κ2) is 5.61. The molecule has 0 radical (unpaired) electrons. The van der Waals surface area contributed by atoms with E-state index in [1.54, 1.807) is 0 Å². The van der Waals surface area contributed by atoms with Gasteiger partial charge in [0.25, 0.3) is 0 Å². The predicted molar refractivity (Wildman–Crippen MR) is 84.8 cm³/mol. The fourth-order valence-corrected chi connectivity index (χ4v) is 2.55. The summed E-state index contributed by atoms with van der Waals surface area (Å²) in [5, 5.41) is 0. The third-order valence-electron chi connectivity index (χ3n) is 3.59. The Bertz CT molecular complexity index is 594. The van der Waals surface area contributed by atoms with Crippen LogP contribution >= 0.6 is 0 Å². The van der Waals surface area contributed by atoms with Crippen molar-refractivity contribution >= 4 is 0 Å². The average Bonchev–Trinajstić information content (AvgIpc) is 2.37. The largest absolute Gasteiger partial charge is 0.0622 e. The van der Waals surface area contributed by atoms with Crippen molar-refractivity contribution in [2.75, 3.05) is 0 Å². The Balaban J connectivity index is 2.75. The van der Waals surface area contributed by atoms with Crippen LogP contribution < -0.4 is 0 Å². The summed E-state index contributed by atoms with van der Waals surface area (Å²) in [6.45, 7) is 9.66. The fourth-order valence-electron chi connectivity index (χ4n) is 2.55. The Morgan fingerprint density at radius 1 is 0.789 bits per heavy atom. The molecule has 0 saturated heterocycles. The van der Waals surface area contributed by atoms with Gasteiger partial charge in [0.1, 0.15) is 0 Å². The molecule has 19 heavy (non-hydrogen) atoms. The van der Waals surface area contributed by atoms with Crippen LogP contribution in [0.1, 0.15) is 58.9 Å². The first-order valence-electron chi connectivity index (χ1n) is 7.82. The lowest BCUT2D eigenvalue weighted by atomic mass is 9.86. The minimum absolute atomic E-state index is 0.672. The molecule has 0 unspecified atom stereocenters. The van der Waals surface area contributed by atoms with Crippen molar-refractivity contribution in [3.05, 3.63) is 59.2 Å². The lowest BCUT2D eigenvalue weighted by molar-refractivity contribution is 0.818. The molecule has 100 valence electrons. The predicted octanol–water partition coefficient (Wildman–Crippen LogP) is 5.91. The van der Waals surface area contributed by atoms with Gasteiger partial charge in [0.05, 0.1) is 0 Å². The van der Waals surface area contributed by atoms with Crippen LogP contribution in [0.3, 0.4) is 0 Å². The number of benzene rings is 2. The van der Waals surface area contributed by atoms with E-state index in [1.807, 2.05) is 52.8 Å². The quantitative estimate of drug-likeness (QED) is 0.639. The summed E-state index contributed by atoms with van der Waals surface area (Å²) in [5.74, 6) is -1.34. The van der Waals surface area contributed by atoms with Gasteiger partial charge < -0.3 is 0 Å². The van der Waals surface area contributed by atoms with E-state index in [-0.39, 0.29) is 0 Å². The molecule has 2 aromatic carbocycles. The molecule has 0 amide bonds. The first-order chi connectivity index (χ1) is 9.60. The lowest BCUT2D eigenvalue weighted by Crippen LogP contribution is -2.00. The third kappa shape index (κ3) is 2.89. The van der Waals surface area contributed by atoms with E-state index < -0.39 is 11.8 Å². The molecule has 0 fully saturated rings. The Morgan fingerprint density at radius 2 is 1.26 bits per heavy atom. The molecule has 0 aliphatic heterocycles. The van der Waals surface area contributed by atoms with Crippen LogP contribution in [0.5, 0.6) is 0 Å². The SMILES string of the molecule is [2H]C(C)(C)c1cc(-c2ccccc2)cc(C([2H])(C)C)c1C. The monoisotopic (exact) mass is 254 g/mol. The highest BCUT2D eigenvalue weighted by Gasteiger charge is 2.13. The molecular weight excluding hydrogens is 228 g/mol. The Kier molecular flexibility index (Phi) is 3.33. The van der Waals surface area contributed by atoms with Gasteiger partial charge in [-0.25, -0.2) is 0 Å². The van der Waals surface area contributed by atoms with Crippen molar-refractivity contribution in [1.82, 2.24) is 0 Å². The summed E-state index contributed by atoms with van der Waals surface area (Å²) in [6, 6.07) is 14.4. The number of hydrogen-bond acceptors (Lipinski definition) is 0. The van der Waals surface area contributed by atoms with Gasteiger partial charge in [0.15, 0.2) is 0 Å². The van der Waals surface area contributed by atoms with E-state index in [0.717, 1.165) is 27.8 Å². The third-order valence-corrected chi connectivity index (χ3v) is 3.59. The van der Waals surface area contributed by atoms with Crippen molar-refractivity contribution in [3.63, 3.8) is 0 Å². The lowest BCUT2D eigenvalue weighted by Gasteiger charge is -2.19. The van der Waals surface area contributed by atoms with E-state index in [0.29, 0.717) is 0 Å². The maximum absolute atomic E-state index is 8.41. The zero-order chi connectivity index (χ0) is 15.8. The normalized spacial score (nSPS) is 13.9. The highest BCUT2D eigenvalue weighted by molar-refractivity contribution is 5.66. The van der Waals surface area contributed by atoms with Crippen LogP contribution in [-0.4, -0.2) is 0 Å². The van der Waals surface area contributed by atoms with Crippen molar-refractivity contribution in [1.29, 1.82) is 0 Å². The van der Waals surface area contributed by atoms with Crippen LogP contribution in [0.4, 0.5) is 0 Å². The van der Waals surface area contributed by atoms with Gasteiger partial charge in [-0.2, -0.15) is 0 Å². The molecule has 0 atom stereocenters. The van der Waals surface area contributed by atoms with Crippen molar-refractivity contribution in [2.45, 2.75) is 46.4 Å². The van der Waals surface area contributed by atoms with Crippen molar-refractivity contribution in [3.8, 4) is 11.1 Å². The van der Waals surface area contributed by atoms with Gasteiger partial charge >= 0.3 is 0 Å².